The van der Waals surface area contributed by atoms with Crippen LogP contribution in [-0.4, -0.2) is 32.6 Å². The van der Waals surface area contributed by atoms with Gasteiger partial charge in [-0.05, 0) is 72.5 Å². The number of aryl methyl sites for hydroxylation is 1. The fraction of sp³-hybridized carbons (Fsp3) is 0.0256. The number of aromatic nitrogens is 5. The Hall–Kier alpha value is -6.37. The van der Waals surface area contributed by atoms with E-state index in [0.717, 1.165) is 43.7 Å². The summed E-state index contributed by atoms with van der Waals surface area (Å²) in [7, 11) is -4.10. The summed E-state index contributed by atoms with van der Waals surface area (Å²) in [5, 5.41) is 23.6. The van der Waals surface area contributed by atoms with Gasteiger partial charge in [-0.25, -0.2) is 13.4 Å². The predicted octanol–water partition coefficient (Wildman–Crippen LogP) is 8.21. The van der Waals surface area contributed by atoms with E-state index in [1.807, 2.05) is 107 Å². The molecule has 0 bridgehead atoms. The molecule has 0 spiro atoms. The minimum Gasteiger partial charge on any atom is -0.294 e. The highest BCUT2D eigenvalue weighted by atomic mass is 32.2. The molecule has 5 aromatic carbocycles. The molecule has 4 heterocycles. The van der Waals surface area contributed by atoms with Gasteiger partial charge in [0.2, 0.25) is 9.84 Å². The maximum atomic E-state index is 14.5. The van der Waals surface area contributed by atoms with Gasteiger partial charge in [-0.15, -0.1) is 10.2 Å². The lowest BCUT2D eigenvalue weighted by atomic mass is 10.0. The zero-order valence-corrected chi connectivity index (χ0v) is 26.3. The average molecular weight is 641 g/mol. The zero-order chi connectivity index (χ0) is 32.6. The van der Waals surface area contributed by atoms with Crippen LogP contribution in [0.1, 0.15) is 11.1 Å². The summed E-state index contributed by atoms with van der Waals surface area (Å²) in [5.41, 5.74) is 5.77. The van der Waals surface area contributed by atoms with E-state index in [9.17, 15) is 13.7 Å². The second-order valence-corrected chi connectivity index (χ2v) is 13.7. The van der Waals surface area contributed by atoms with Crippen molar-refractivity contribution in [2.45, 2.75) is 16.7 Å². The maximum Gasteiger partial charge on any atom is 0.206 e. The molecule has 0 atom stereocenters. The maximum absolute atomic E-state index is 14.5. The van der Waals surface area contributed by atoms with Crippen molar-refractivity contribution in [3.8, 4) is 23.1 Å². The van der Waals surface area contributed by atoms with Crippen molar-refractivity contribution in [2.75, 3.05) is 0 Å². The molecule has 228 valence electrons. The van der Waals surface area contributed by atoms with Gasteiger partial charge in [-0.2, -0.15) is 5.26 Å². The zero-order valence-electron chi connectivity index (χ0n) is 25.5. The first-order valence-corrected chi connectivity index (χ1v) is 16.8. The molecule has 0 N–H and O–H groups in total. The summed E-state index contributed by atoms with van der Waals surface area (Å²) in [6.45, 7) is 2.03. The van der Waals surface area contributed by atoms with Gasteiger partial charge < -0.3 is 0 Å². The fourth-order valence-electron chi connectivity index (χ4n) is 6.82. The van der Waals surface area contributed by atoms with Crippen LogP contribution in [0.4, 0.5) is 0 Å². The molecule has 48 heavy (non-hydrogen) atoms. The van der Waals surface area contributed by atoms with E-state index in [2.05, 4.69) is 21.3 Å². The molecule has 0 aliphatic rings. The summed E-state index contributed by atoms with van der Waals surface area (Å²) in [6.07, 6.45) is 1.71. The van der Waals surface area contributed by atoms with Crippen LogP contribution < -0.4 is 0 Å². The molecule has 0 aliphatic carbocycles. The quantitative estimate of drug-likeness (QED) is 0.180. The van der Waals surface area contributed by atoms with E-state index in [1.165, 1.54) is 6.07 Å². The van der Waals surface area contributed by atoms with E-state index >= 15 is 0 Å². The van der Waals surface area contributed by atoms with Gasteiger partial charge in [0, 0.05) is 33.3 Å². The van der Waals surface area contributed by atoms with Crippen molar-refractivity contribution in [1.82, 2.24) is 24.1 Å². The van der Waals surface area contributed by atoms with Crippen molar-refractivity contribution in [3.05, 3.63) is 139 Å². The Bertz CT molecular complexity index is 2900. The highest BCUT2D eigenvalue weighted by Crippen LogP contribution is 2.36. The molecule has 0 saturated carbocycles. The SMILES string of the molecule is Cc1ccccc1-c1nnc2c3cc(S(=O)(=O)c4cc(C#N)cc(-n5c6ccccc6c6cccnc65)c4)ccc3c3ccccc3n12. The Balaban J connectivity index is 1.28. The second kappa shape index (κ2) is 10.3. The van der Waals surface area contributed by atoms with Crippen molar-refractivity contribution in [1.29, 1.82) is 5.26 Å². The minimum absolute atomic E-state index is 0.0108. The van der Waals surface area contributed by atoms with Crippen molar-refractivity contribution in [2.24, 2.45) is 0 Å². The third kappa shape index (κ3) is 4.00. The number of nitrogens with zero attached hydrogens (tertiary/aromatic N) is 6. The summed E-state index contributed by atoms with van der Waals surface area (Å²) in [4.78, 5) is 4.74. The van der Waals surface area contributed by atoms with Crippen molar-refractivity contribution in [3.63, 3.8) is 0 Å². The van der Waals surface area contributed by atoms with Gasteiger partial charge in [0.15, 0.2) is 11.5 Å². The van der Waals surface area contributed by atoms with Gasteiger partial charge in [0.25, 0.3) is 0 Å². The topological polar surface area (TPSA) is 106 Å². The number of hydrogen-bond acceptors (Lipinski definition) is 6. The second-order valence-electron chi connectivity index (χ2n) is 11.8. The van der Waals surface area contributed by atoms with Gasteiger partial charge in [-0.1, -0.05) is 66.7 Å². The molecule has 0 unspecified atom stereocenters. The van der Waals surface area contributed by atoms with Gasteiger partial charge >= 0.3 is 0 Å². The Morgan fingerprint density at radius 2 is 1.38 bits per heavy atom. The predicted molar refractivity (Wildman–Crippen MR) is 187 cm³/mol. The highest BCUT2D eigenvalue weighted by Gasteiger charge is 2.24. The summed E-state index contributed by atoms with van der Waals surface area (Å²) in [5.74, 6) is 0.681. The summed E-state index contributed by atoms with van der Waals surface area (Å²) in [6, 6.07) is 39.7. The molecule has 9 rings (SSSR count). The number of nitriles is 1. The molecule has 4 aromatic heterocycles. The Labute approximate surface area is 274 Å². The summed E-state index contributed by atoms with van der Waals surface area (Å²) < 4.78 is 32.9. The molecule has 0 radical (unpaired) electrons. The number of benzene rings is 5. The summed E-state index contributed by atoms with van der Waals surface area (Å²) >= 11 is 0. The largest absolute Gasteiger partial charge is 0.294 e. The number of pyridine rings is 2. The lowest BCUT2D eigenvalue weighted by Crippen LogP contribution is -2.05. The fourth-order valence-corrected chi connectivity index (χ4v) is 8.17. The van der Waals surface area contributed by atoms with Crippen molar-refractivity contribution >= 4 is 59.1 Å². The lowest BCUT2D eigenvalue weighted by molar-refractivity contribution is 0.596. The number of hydrogen-bond donors (Lipinski definition) is 0. The first-order chi connectivity index (χ1) is 23.4. The minimum atomic E-state index is -4.10. The Morgan fingerprint density at radius 3 is 2.19 bits per heavy atom. The molecule has 8 nitrogen and oxygen atoms in total. The van der Waals surface area contributed by atoms with Crippen LogP contribution in [0.2, 0.25) is 0 Å². The third-order valence-electron chi connectivity index (χ3n) is 9.05. The van der Waals surface area contributed by atoms with Crippen LogP contribution in [-0.2, 0) is 9.84 Å². The molecule has 0 saturated heterocycles. The normalized spacial score (nSPS) is 12.0. The van der Waals surface area contributed by atoms with Crippen LogP contribution in [0, 0.1) is 18.3 Å². The lowest BCUT2D eigenvalue weighted by Gasteiger charge is -2.13. The first-order valence-electron chi connectivity index (χ1n) is 15.3. The van der Waals surface area contributed by atoms with Crippen LogP contribution in [0.3, 0.4) is 0 Å². The van der Waals surface area contributed by atoms with E-state index in [-0.39, 0.29) is 15.4 Å². The van der Waals surface area contributed by atoms with Crippen LogP contribution in [0.15, 0.2) is 137 Å². The van der Waals surface area contributed by atoms with E-state index < -0.39 is 9.84 Å². The average Bonchev–Trinajstić information content (AvgIpc) is 3.72. The molecule has 0 aliphatic heterocycles. The highest BCUT2D eigenvalue weighted by molar-refractivity contribution is 7.91. The Morgan fingerprint density at radius 1 is 0.646 bits per heavy atom. The third-order valence-corrected chi connectivity index (χ3v) is 10.8. The van der Waals surface area contributed by atoms with Gasteiger partial charge in [-0.3, -0.25) is 8.97 Å². The first kappa shape index (κ1) is 27.9. The number of sulfone groups is 1. The molecular formula is C39H24N6O2S. The van der Waals surface area contributed by atoms with Crippen molar-refractivity contribution < 1.29 is 8.42 Å². The monoisotopic (exact) mass is 640 g/mol. The molecule has 0 amide bonds. The van der Waals surface area contributed by atoms with Crippen LogP contribution in [0.25, 0.3) is 66.3 Å². The van der Waals surface area contributed by atoms with E-state index in [0.29, 0.717) is 28.2 Å². The van der Waals surface area contributed by atoms with E-state index in [1.54, 1.807) is 30.5 Å². The standard InChI is InChI=1S/C39H24N6O2S/c1-24-9-2-3-10-29(24)38-42-43-39-34-22-27(16-17-30(34)31-11-4-7-15-36(31)45(38)39)48(46,47)28-20-25(23-40)19-26(21-28)44-35-14-6-5-12-32(35)33-13-8-18-41-37(33)44/h2-22H,1H3. The molecular weight excluding hydrogens is 617 g/mol. The number of fused-ring (bicyclic) bond motifs is 9. The molecule has 9 heteroatoms. The Kier molecular flexibility index (Phi) is 6.00. The van der Waals surface area contributed by atoms with E-state index in [4.69, 9.17) is 0 Å². The van der Waals surface area contributed by atoms with Crippen LogP contribution in [0.5, 0.6) is 0 Å². The molecule has 0 fully saturated rings. The number of rotatable bonds is 4. The van der Waals surface area contributed by atoms with Gasteiger partial charge in [0.1, 0.15) is 5.65 Å². The van der Waals surface area contributed by atoms with Crippen LogP contribution >= 0.6 is 0 Å². The smallest absolute Gasteiger partial charge is 0.206 e. The van der Waals surface area contributed by atoms with Gasteiger partial charge in [0.05, 0.1) is 38.1 Å². The molecule has 9 aromatic rings. The number of para-hydroxylation sites is 2.